The maximum atomic E-state index is 12.6. The average Bonchev–Trinajstić information content (AvgIpc) is 2.73. The van der Waals surface area contributed by atoms with E-state index in [1.54, 1.807) is 56.5 Å². The van der Waals surface area contributed by atoms with Gasteiger partial charge in [0, 0.05) is 17.3 Å². The molecule has 7 heteroatoms. The van der Waals surface area contributed by atoms with E-state index in [4.69, 9.17) is 10.00 Å². The van der Waals surface area contributed by atoms with Crippen LogP contribution in [0.5, 0.6) is 5.75 Å². The quantitative estimate of drug-likeness (QED) is 0.740. The van der Waals surface area contributed by atoms with Gasteiger partial charge in [0.1, 0.15) is 11.8 Å². The molecule has 3 aromatic rings. The zero-order valence-electron chi connectivity index (χ0n) is 15.4. The SMILES string of the molecule is COc1ccc(-c2ccc(=O)n(C(C)C(=O)Nc3cccc(C#N)c3)n2)cc1. The molecule has 0 fully saturated rings. The molecular formula is C21H18N4O3. The Morgan fingerprint density at radius 3 is 2.61 bits per heavy atom. The fourth-order valence-corrected chi connectivity index (χ4v) is 2.64. The lowest BCUT2D eigenvalue weighted by molar-refractivity contribution is -0.119. The van der Waals surface area contributed by atoms with Crippen molar-refractivity contribution in [3.05, 3.63) is 76.6 Å². The van der Waals surface area contributed by atoms with Gasteiger partial charge in [0.15, 0.2) is 0 Å². The van der Waals surface area contributed by atoms with Gasteiger partial charge < -0.3 is 10.1 Å². The van der Waals surface area contributed by atoms with Crippen molar-refractivity contribution < 1.29 is 9.53 Å². The lowest BCUT2D eigenvalue weighted by Crippen LogP contribution is -2.33. The van der Waals surface area contributed by atoms with Crippen LogP contribution in [-0.2, 0) is 4.79 Å². The third kappa shape index (κ3) is 4.07. The Kier molecular flexibility index (Phi) is 5.51. The van der Waals surface area contributed by atoms with Gasteiger partial charge in [-0.05, 0) is 55.5 Å². The molecule has 0 radical (unpaired) electrons. The summed E-state index contributed by atoms with van der Waals surface area (Å²) in [7, 11) is 1.58. The summed E-state index contributed by atoms with van der Waals surface area (Å²) in [6.45, 7) is 1.59. The van der Waals surface area contributed by atoms with Crippen molar-refractivity contribution in [2.75, 3.05) is 12.4 Å². The highest BCUT2D eigenvalue weighted by Crippen LogP contribution is 2.20. The Balaban J connectivity index is 1.86. The van der Waals surface area contributed by atoms with Crippen LogP contribution in [0.2, 0.25) is 0 Å². The fourth-order valence-electron chi connectivity index (χ4n) is 2.64. The molecule has 0 saturated heterocycles. The highest BCUT2D eigenvalue weighted by molar-refractivity contribution is 5.93. The van der Waals surface area contributed by atoms with E-state index < -0.39 is 11.9 Å². The Bertz CT molecular complexity index is 1100. The molecule has 140 valence electrons. The van der Waals surface area contributed by atoms with Gasteiger partial charge in [-0.2, -0.15) is 10.4 Å². The lowest BCUT2D eigenvalue weighted by Gasteiger charge is -2.15. The monoisotopic (exact) mass is 374 g/mol. The second kappa shape index (κ2) is 8.18. The van der Waals surface area contributed by atoms with Gasteiger partial charge in [-0.3, -0.25) is 9.59 Å². The smallest absolute Gasteiger partial charge is 0.267 e. The summed E-state index contributed by atoms with van der Waals surface area (Å²) in [4.78, 5) is 24.8. The first kappa shape index (κ1) is 18.9. The Morgan fingerprint density at radius 2 is 1.93 bits per heavy atom. The molecule has 1 N–H and O–H groups in total. The third-order valence-corrected chi connectivity index (χ3v) is 4.22. The van der Waals surface area contributed by atoms with Crippen LogP contribution in [0.15, 0.2) is 65.5 Å². The number of anilines is 1. The number of nitrogens with one attached hydrogen (secondary N) is 1. The van der Waals surface area contributed by atoms with Gasteiger partial charge in [-0.1, -0.05) is 6.07 Å². The first-order valence-electron chi connectivity index (χ1n) is 8.57. The third-order valence-electron chi connectivity index (χ3n) is 4.22. The van der Waals surface area contributed by atoms with Crippen molar-refractivity contribution in [1.82, 2.24) is 9.78 Å². The molecule has 1 unspecified atom stereocenters. The van der Waals surface area contributed by atoms with E-state index in [2.05, 4.69) is 10.4 Å². The number of benzene rings is 2. The van der Waals surface area contributed by atoms with Crippen LogP contribution in [0.1, 0.15) is 18.5 Å². The number of methoxy groups -OCH3 is 1. The van der Waals surface area contributed by atoms with Gasteiger partial charge in [0.05, 0.1) is 24.4 Å². The molecule has 0 spiro atoms. The molecule has 0 aliphatic heterocycles. The molecule has 0 bridgehead atoms. The summed E-state index contributed by atoms with van der Waals surface area (Å²) in [5.74, 6) is 0.306. The first-order chi connectivity index (χ1) is 13.5. The molecule has 28 heavy (non-hydrogen) atoms. The second-order valence-corrected chi connectivity index (χ2v) is 6.09. The molecule has 0 aliphatic rings. The number of hydrogen-bond donors (Lipinski definition) is 1. The van der Waals surface area contributed by atoms with Crippen molar-refractivity contribution in [3.8, 4) is 23.1 Å². The largest absolute Gasteiger partial charge is 0.497 e. The summed E-state index contributed by atoms with van der Waals surface area (Å²) < 4.78 is 6.28. The van der Waals surface area contributed by atoms with Crippen molar-refractivity contribution >= 4 is 11.6 Å². The van der Waals surface area contributed by atoms with Crippen LogP contribution in [0.25, 0.3) is 11.3 Å². The summed E-state index contributed by atoms with van der Waals surface area (Å²) in [5.41, 5.74) is 1.89. The van der Waals surface area contributed by atoms with E-state index >= 15 is 0 Å². The van der Waals surface area contributed by atoms with Gasteiger partial charge in [-0.25, -0.2) is 4.68 Å². The number of carbonyl (C=O) groups excluding carboxylic acids is 1. The van der Waals surface area contributed by atoms with E-state index in [0.29, 0.717) is 22.7 Å². The molecule has 7 nitrogen and oxygen atoms in total. The van der Waals surface area contributed by atoms with Crippen LogP contribution in [0.4, 0.5) is 5.69 Å². The van der Waals surface area contributed by atoms with Crippen LogP contribution < -0.4 is 15.6 Å². The minimum absolute atomic E-state index is 0.384. The van der Waals surface area contributed by atoms with Crippen molar-refractivity contribution in [2.45, 2.75) is 13.0 Å². The van der Waals surface area contributed by atoms with E-state index in [-0.39, 0.29) is 5.56 Å². The molecule has 0 saturated carbocycles. The Morgan fingerprint density at radius 1 is 1.18 bits per heavy atom. The van der Waals surface area contributed by atoms with E-state index in [9.17, 15) is 9.59 Å². The minimum Gasteiger partial charge on any atom is -0.497 e. The number of hydrogen-bond acceptors (Lipinski definition) is 5. The summed E-state index contributed by atoms with van der Waals surface area (Å²) in [5, 5.41) is 16.0. The molecule has 1 aromatic heterocycles. The predicted molar refractivity (Wildman–Crippen MR) is 105 cm³/mol. The lowest BCUT2D eigenvalue weighted by atomic mass is 10.1. The molecule has 1 amide bonds. The normalized spacial score (nSPS) is 11.3. The second-order valence-electron chi connectivity index (χ2n) is 6.09. The predicted octanol–water partition coefficient (Wildman–Crippen LogP) is 2.99. The Labute approximate surface area is 161 Å². The number of nitrogens with zero attached hydrogens (tertiary/aromatic N) is 3. The van der Waals surface area contributed by atoms with Gasteiger partial charge in [0.25, 0.3) is 5.56 Å². The van der Waals surface area contributed by atoms with Crippen molar-refractivity contribution in [3.63, 3.8) is 0 Å². The maximum Gasteiger partial charge on any atom is 0.267 e. The number of ether oxygens (including phenoxy) is 1. The average molecular weight is 374 g/mol. The number of aromatic nitrogens is 2. The molecule has 2 aromatic carbocycles. The molecule has 0 aliphatic carbocycles. The minimum atomic E-state index is -0.837. The zero-order chi connectivity index (χ0) is 20.1. The van der Waals surface area contributed by atoms with E-state index in [0.717, 1.165) is 10.2 Å². The summed E-state index contributed by atoms with van der Waals surface area (Å²) in [6, 6.07) is 18.0. The first-order valence-corrected chi connectivity index (χ1v) is 8.57. The summed E-state index contributed by atoms with van der Waals surface area (Å²) >= 11 is 0. The topological polar surface area (TPSA) is 97.0 Å². The van der Waals surface area contributed by atoms with Gasteiger partial charge in [-0.15, -0.1) is 0 Å². The van der Waals surface area contributed by atoms with E-state index in [1.807, 2.05) is 18.2 Å². The highest BCUT2D eigenvalue weighted by atomic mass is 16.5. The molecule has 1 atom stereocenters. The number of rotatable bonds is 5. The Hall–Kier alpha value is -3.92. The van der Waals surface area contributed by atoms with Crippen LogP contribution in [0.3, 0.4) is 0 Å². The molecule has 1 heterocycles. The molecule has 3 rings (SSSR count). The van der Waals surface area contributed by atoms with Crippen LogP contribution in [0, 0.1) is 11.3 Å². The highest BCUT2D eigenvalue weighted by Gasteiger charge is 2.18. The molecular weight excluding hydrogens is 356 g/mol. The van der Waals surface area contributed by atoms with Crippen LogP contribution in [-0.4, -0.2) is 22.8 Å². The zero-order valence-corrected chi connectivity index (χ0v) is 15.4. The van der Waals surface area contributed by atoms with E-state index in [1.165, 1.54) is 6.07 Å². The number of carbonyl (C=O) groups is 1. The number of amides is 1. The maximum absolute atomic E-state index is 12.6. The standard InChI is InChI=1S/C21H18N4O3/c1-14(21(27)23-17-5-3-4-15(12-17)13-22)25-20(26)11-10-19(24-25)16-6-8-18(28-2)9-7-16/h3-12,14H,1-2H3,(H,23,27). The van der Waals surface area contributed by atoms with Crippen LogP contribution >= 0.6 is 0 Å². The van der Waals surface area contributed by atoms with Gasteiger partial charge in [0.2, 0.25) is 5.91 Å². The summed E-state index contributed by atoms with van der Waals surface area (Å²) in [6.07, 6.45) is 0. The van der Waals surface area contributed by atoms with Crippen molar-refractivity contribution in [2.24, 2.45) is 0 Å². The van der Waals surface area contributed by atoms with Crippen molar-refractivity contribution in [1.29, 1.82) is 5.26 Å². The van der Waals surface area contributed by atoms with Gasteiger partial charge >= 0.3 is 0 Å². The number of nitriles is 1. The fraction of sp³-hybridized carbons (Fsp3) is 0.143.